The number of hydrogen-bond donors (Lipinski definition) is 3. The predicted octanol–water partition coefficient (Wildman–Crippen LogP) is 3.02. The van der Waals surface area contributed by atoms with Gasteiger partial charge in [-0.1, -0.05) is 30.3 Å². The van der Waals surface area contributed by atoms with Crippen molar-refractivity contribution in [1.29, 1.82) is 0 Å². The molecule has 0 radical (unpaired) electrons. The van der Waals surface area contributed by atoms with Gasteiger partial charge in [0.15, 0.2) is 5.82 Å². The molecule has 0 bridgehead atoms. The first-order chi connectivity index (χ1) is 15.5. The average molecular weight is 428 g/mol. The van der Waals surface area contributed by atoms with Crippen LogP contribution in [0, 0.1) is 6.92 Å². The lowest BCUT2D eigenvalue weighted by molar-refractivity contribution is 0.100. The lowest BCUT2D eigenvalue weighted by Gasteiger charge is -2.25. The molecule has 1 aliphatic rings. The van der Waals surface area contributed by atoms with Crippen LogP contribution in [0.25, 0.3) is 17.2 Å². The summed E-state index contributed by atoms with van der Waals surface area (Å²) in [6.45, 7) is 5.56. The Balaban J connectivity index is 1.65. The standard InChI is InChI=1S/C24H25N7O/c1-14-19-17(10-11-26-14)22(27-13-16-7-4-3-5-8-16)30-23(29-19)20-15(2)28-24-18(21(25)32)9-6-12-31(20)24/h3-9,12,14,26H,10-11,13H2,1-2H3,(H2,25,32)(H,27,29,30). The lowest BCUT2D eigenvalue weighted by Crippen LogP contribution is -2.30. The molecule has 1 atom stereocenters. The molecule has 5 rings (SSSR count). The highest BCUT2D eigenvalue weighted by Crippen LogP contribution is 2.31. The van der Waals surface area contributed by atoms with Gasteiger partial charge in [0.05, 0.1) is 17.0 Å². The van der Waals surface area contributed by atoms with Crippen molar-refractivity contribution in [3.8, 4) is 11.5 Å². The lowest BCUT2D eigenvalue weighted by atomic mass is 10.0. The summed E-state index contributed by atoms with van der Waals surface area (Å²) in [6, 6.07) is 13.8. The van der Waals surface area contributed by atoms with E-state index >= 15 is 0 Å². The normalized spacial score (nSPS) is 15.5. The Labute approximate surface area is 185 Å². The minimum absolute atomic E-state index is 0.110. The Hall–Kier alpha value is -3.78. The number of imidazole rings is 1. The van der Waals surface area contributed by atoms with Gasteiger partial charge < -0.3 is 16.4 Å². The monoisotopic (exact) mass is 427 g/mol. The summed E-state index contributed by atoms with van der Waals surface area (Å²) in [4.78, 5) is 26.4. The number of pyridine rings is 1. The van der Waals surface area contributed by atoms with E-state index in [1.807, 2.05) is 35.7 Å². The van der Waals surface area contributed by atoms with Gasteiger partial charge >= 0.3 is 0 Å². The number of aryl methyl sites for hydroxylation is 1. The number of primary amides is 1. The molecular formula is C24H25N7O. The smallest absolute Gasteiger partial charge is 0.252 e. The number of benzene rings is 1. The summed E-state index contributed by atoms with van der Waals surface area (Å²) in [6.07, 6.45) is 2.72. The number of aromatic nitrogens is 4. The molecule has 0 saturated heterocycles. The Morgan fingerprint density at radius 3 is 2.78 bits per heavy atom. The molecule has 1 aliphatic heterocycles. The molecule has 1 unspecified atom stereocenters. The SMILES string of the molecule is Cc1nc2c(C(N)=O)cccn2c1-c1nc(NCc2ccccc2)c2c(n1)C(C)NCC2. The highest BCUT2D eigenvalue weighted by Gasteiger charge is 2.25. The maximum absolute atomic E-state index is 11.9. The number of anilines is 1. The first-order valence-electron chi connectivity index (χ1n) is 10.7. The van der Waals surface area contributed by atoms with Gasteiger partial charge in [0.2, 0.25) is 0 Å². The van der Waals surface area contributed by atoms with E-state index in [1.165, 1.54) is 5.56 Å². The van der Waals surface area contributed by atoms with Crippen molar-refractivity contribution in [2.45, 2.75) is 32.9 Å². The summed E-state index contributed by atoms with van der Waals surface area (Å²) >= 11 is 0. The molecule has 4 N–H and O–H groups in total. The number of nitrogens with zero attached hydrogens (tertiary/aromatic N) is 4. The molecule has 0 aliphatic carbocycles. The highest BCUT2D eigenvalue weighted by molar-refractivity contribution is 5.99. The molecule has 1 aromatic carbocycles. The van der Waals surface area contributed by atoms with E-state index in [-0.39, 0.29) is 6.04 Å². The summed E-state index contributed by atoms with van der Waals surface area (Å²) in [7, 11) is 0. The number of nitrogens with one attached hydrogen (secondary N) is 2. The number of carbonyl (C=O) groups excluding carboxylic acids is 1. The summed E-state index contributed by atoms with van der Waals surface area (Å²) in [5, 5.41) is 7.01. The minimum Gasteiger partial charge on any atom is -0.366 e. The molecule has 0 spiro atoms. The van der Waals surface area contributed by atoms with Crippen molar-refractivity contribution in [3.63, 3.8) is 0 Å². The van der Waals surface area contributed by atoms with Gasteiger partial charge in [-0.05, 0) is 44.5 Å². The van der Waals surface area contributed by atoms with Gasteiger partial charge in [0, 0.05) is 24.3 Å². The largest absolute Gasteiger partial charge is 0.366 e. The van der Waals surface area contributed by atoms with Crippen LogP contribution < -0.4 is 16.4 Å². The van der Waals surface area contributed by atoms with Crippen molar-refractivity contribution < 1.29 is 4.79 Å². The van der Waals surface area contributed by atoms with Gasteiger partial charge in [0.1, 0.15) is 17.2 Å². The fourth-order valence-corrected chi connectivity index (χ4v) is 4.29. The van der Waals surface area contributed by atoms with Crippen molar-refractivity contribution in [2.24, 2.45) is 5.73 Å². The first kappa shape index (κ1) is 20.1. The summed E-state index contributed by atoms with van der Waals surface area (Å²) < 4.78 is 1.85. The molecule has 8 nitrogen and oxygen atoms in total. The topological polar surface area (TPSA) is 110 Å². The fraction of sp³-hybridized carbons (Fsp3) is 0.250. The van der Waals surface area contributed by atoms with E-state index in [0.29, 0.717) is 23.6 Å². The minimum atomic E-state index is -0.512. The number of fused-ring (bicyclic) bond motifs is 2. The second kappa shape index (κ2) is 8.05. The van der Waals surface area contributed by atoms with Crippen LogP contribution in [0.15, 0.2) is 48.7 Å². The molecule has 0 saturated carbocycles. The third kappa shape index (κ3) is 3.48. The number of hydrogen-bond acceptors (Lipinski definition) is 6. The Morgan fingerprint density at radius 1 is 1.19 bits per heavy atom. The van der Waals surface area contributed by atoms with E-state index in [4.69, 9.17) is 15.7 Å². The predicted molar refractivity (Wildman–Crippen MR) is 123 cm³/mol. The molecule has 0 fully saturated rings. The first-order valence-corrected chi connectivity index (χ1v) is 10.7. The molecule has 4 heterocycles. The molecule has 3 aromatic heterocycles. The molecule has 32 heavy (non-hydrogen) atoms. The molecule has 1 amide bonds. The van der Waals surface area contributed by atoms with Crippen molar-refractivity contribution in [2.75, 3.05) is 11.9 Å². The third-order valence-electron chi connectivity index (χ3n) is 5.88. The number of amides is 1. The van der Waals surface area contributed by atoms with Crippen LogP contribution in [0.1, 0.15) is 45.8 Å². The van der Waals surface area contributed by atoms with Crippen molar-refractivity contribution in [1.82, 2.24) is 24.7 Å². The Kier molecular flexibility index (Phi) is 5.07. The van der Waals surface area contributed by atoms with Crippen molar-refractivity contribution >= 4 is 17.4 Å². The zero-order valence-electron chi connectivity index (χ0n) is 18.1. The molecule has 4 aromatic rings. The quantitative estimate of drug-likeness (QED) is 0.452. The second-order valence-corrected chi connectivity index (χ2v) is 8.05. The number of rotatable bonds is 5. The number of carbonyl (C=O) groups is 1. The maximum Gasteiger partial charge on any atom is 0.252 e. The van der Waals surface area contributed by atoms with E-state index in [1.54, 1.807) is 12.1 Å². The fourth-order valence-electron chi connectivity index (χ4n) is 4.29. The Bertz CT molecular complexity index is 1310. The van der Waals surface area contributed by atoms with Gasteiger partial charge in [0.25, 0.3) is 5.91 Å². The van der Waals surface area contributed by atoms with Crippen LogP contribution in [0.5, 0.6) is 0 Å². The van der Waals surface area contributed by atoms with Crippen LogP contribution in [0.2, 0.25) is 0 Å². The molecular weight excluding hydrogens is 402 g/mol. The maximum atomic E-state index is 11.9. The zero-order chi connectivity index (χ0) is 22.2. The van der Waals surface area contributed by atoms with Crippen LogP contribution in [-0.2, 0) is 13.0 Å². The molecule has 162 valence electrons. The van der Waals surface area contributed by atoms with Crippen LogP contribution in [-0.4, -0.2) is 31.8 Å². The second-order valence-electron chi connectivity index (χ2n) is 8.05. The van der Waals surface area contributed by atoms with Gasteiger partial charge in [-0.15, -0.1) is 0 Å². The van der Waals surface area contributed by atoms with Crippen LogP contribution >= 0.6 is 0 Å². The molecule has 8 heteroatoms. The van der Waals surface area contributed by atoms with Crippen molar-refractivity contribution in [3.05, 3.63) is 76.7 Å². The Morgan fingerprint density at radius 2 is 2.00 bits per heavy atom. The third-order valence-corrected chi connectivity index (χ3v) is 5.88. The van der Waals surface area contributed by atoms with E-state index in [0.717, 1.165) is 41.4 Å². The van der Waals surface area contributed by atoms with Gasteiger partial charge in [-0.25, -0.2) is 15.0 Å². The zero-order valence-corrected chi connectivity index (χ0v) is 18.1. The average Bonchev–Trinajstić information content (AvgIpc) is 3.14. The summed E-state index contributed by atoms with van der Waals surface area (Å²) in [5.74, 6) is 0.894. The van der Waals surface area contributed by atoms with Crippen LogP contribution in [0.3, 0.4) is 0 Å². The van der Waals surface area contributed by atoms with E-state index < -0.39 is 5.91 Å². The van der Waals surface area contributed by atoms with E-state index in [9.17, 15) is 4.79 Å². The highest BCUT2D eigenvalue weighted by atomic mass is 16.1. The number of nitrogens with two attached hydrogens (primary N) is 1. The van der Waals surface area contributed by atoms with Gasteiger partial charge in [-0.2, -0.15) is 0 Å². The summed E-state index contributed by atoms with van der Waals surface area (Å²) in [5.41, 5.74) is 11.2. The van der Waals surface area contributed by atoms with Gasteiger partial charge in [-0.3, -0.25) is 9.20 Å². The van der Waals surface area contributed by atoms with E-state index in [2.05, 4.69) is 34.7 Å². The van der Waals surface area contributed by atoms with Crippen LogP contribution in [0.4, 0.5) is 5.82 Å².